The number of hydrogen-bond acceptors (Lipinski definition) is 3. The average molecular weight is 228 g/mol. The van der Waals surface area contributed by atoms with Gasteiger partial charge in [-0.1, -0.05) is 0 Å². The third-order valence-electron chi connectivity index (χ3n) is 3.68. The standard InChI is InChI=1S/C12H24N2O2/c1-11(2,12(3,4)16)14-10(15)9-5-7-13-8-6-9/h9,13,16H,5-8H2,1-4H3,(H,14,15). The number of piperidine rings is 1. The number of carbonyl (C=O) groups excluding carboxylic acids is 1. The Hall–Kier alpha value is -0.610. The van der Waals surface area contributed by atoms with Crippen LogP contribution in [0.25, 0.3) is 0 Å². The van der Waals surface area contributed by atoms with Crippen molar-refractivity contribution in [3.63, 3.8) is 0 Å². The summed E-state index contributed by atoms with van der Waals surface area (Å²) in [4.78, 5) is 12.0. The molecule has 1 aliphatic rings. The van der Waals surface area contributed by atoms with Gasteiger partial charge in [0.05, 0.1) is 11.1 Å². The predicted octanol–water partition coefficient (Wildman–Crippen LogP) is 0.652. The van der Waals surface area contributed by atoms with E-state index in [9.17, 15) is 9.90 Å². The Bertz CT molecular complexity index is 250. The zero-order valence-electron chi connectivity index (χ0n) is 10.8. The van der Waals surface area contributed by atoms with Crippen LogP contribution in [0.4, 0.5) is 0 Å². The first-order valence-corrected chi connectivity index (χ1v) is 5.99. The van der Waals surface area contributed by atoms with Gasteiger partial charge in [0, 0.05) is 5.92 Å². The maximum absolute atomic E-state index is 12.0. The summed E-state index contributed by atoms with van der Waals surface area (Å²) in [6.45, 7) is 8.95. The molecule has 0 aromatic heterocycles. The lowest BCUT2D eigenvalue weighted by atomic mass is 9.85. The second-order valence-electron chi connectivity index (χ2n) is 5.70. The van der Waals surface area contributed by atoms with Crippen molar-refractivity contribution in [1.82, 2.24) is 10.6 Å². The van der Waals surface area contributed by atoms with Gasteiger partial charge in [0.1, 0.15) is 0 Å². The summed E-state index contributed by atoms with van der Waals surface area (Å²) in [6, 6.07) is 0. The Labute approximate surface area is 97.8 Å². The lowest BCUT2D eigenvalue weighted by molar-refractivity contribution is -0.130. The molecular formula is C12H24N2O2. The number of aliphatic hydroxyl groups is 1. The number of hydrogen-bond donors (Lipinski definition) is 3. The van der Waals surface area contributed by atoms with E-state index in [1.165, 1.54) is 0 Å². The normalized spacial score (nSPS) is 19.6. The smallest absolute Gasteiger partial charge is 0.223 e. The van der Waals surface area contributed by atoms with E-state index in [0.717, 1.165) is 25.9 Å². The molecule has 1 fully saturated rings. The van der Waals surface area contributed by atoms with Crippen molar-refractivity contribution in [2.45, 2.75) is 51.7 Å². The van der Waals surface area contributed by atoms with Gasteiger partial charge < -0.3 is 15.7 Å². The average Bonchev–Trinajstić information content (AvgIpc) is 2.16. The first kappa shape index (κ1) is 13.5. The number of nitrogens with one attached hydrogen (secondary N) is 2. The molecule has 1 aliphatic heterocycles. The van der Waals surface area contributed by atoms with Gasteiger partial charge in [0.2, 0.25) is 5.91 Å². The topological polar surface area (TPSA) is 61.4 Å². The van der Waals surface area contributed by atoms with E-state index in [0.29, 0.717) is 0 Å². The zero-order valence-corrected chi connectivity index (χ0v) is 10.8. The Morgan fingerprint density at radius 1 is 1.25 bits per heavy atom. The second-order valence-corrected chi connectivity index (χ2v) is 5.70. The van der Waals surface area contributed by atoms with E-state index < -0.39 is 11.1 Å². The Balaban J connectivity index is 2.56. The van der Waals surface area contributed by atoms with Gasteiger partial charge in [0.25, 0.3) is 0 Å². The molecule has 0 spiro atoms. The molecule has 0 aromatic rings. The van der Waals surface area contributed by atoms with E-state index in [4.69, 9.17) is 0 Å². The molecule has 1 heterocycles. The fraction of sp³-hybridized carbons (Fsp3) is 0.917. The van der Waals surface area contributed by atoms with E-state index in [-0.39, 0.29) is 11.8 Å². The van der Waals surface area contributed by atoms with Crippen molar-refractivity contribution in [2.24, 2.45) is 5.92 Å². The largest absolute Gasteiger partial charge is 0.388 e. The van der Waals surface area contributed by atoms with Crippen LogP contribution >= 0.6 is 0 Å². The molecule has 1 amide bonds. The van der Waals surface area contributed by atoms with Crippen molar-refractivity contribution in [1.29, 1.82) is 0 Å². The van der Waals surface area contributed by atoms with Crippen molar-refractivity contribution in [3.05, 3.63) is 0 Å². The van der Waals surface area contributed by atoms with Gasteiger partial charge in [-0.2, -0.15) is 0 Å². The van der Waals surface area contributed by atoms with Crippen molar-refractivity contribution in [3.8, 4) is 0 Å². The summed E-state index contributed by atoms with van der Waals surface area (Å²) in [7, 11) is 0. The molecule has 0 aliphatic carbocycles. The maximum atomic E-state index is 12.0. The lowest BCUT2D eigenvalue weighted by Crippen LogP contribution is -2.59. The first-order valence-electron chi connectivity index (χ1n) is 5.99. The van der Waals surface area contributed by atoms with Crippen LogP contribution in [0.5, 0.6) is 0 Å². The number of carbonyl (C=O) groups is 1. The minimum absolute atomic E-state index is 0.0635. The third kappa shape index (κ3) is 3.19. The van der Waals surface area contributed by atoms with E-state index in [1.807, 2.05) is 13.8 Å². The number of amides is 1. The van der Waals surface area contributed by atoms with Gasteiger partial charge >= 0.3 is 0 Å². The van der Waals surface area contributed by atoms with E-state index in [1.54, 1.807) is 13.8 Å². The highest BCUT2D eigenvalue weighted by Gasteiger charge is 2.37. The molecule has 0 radical (unpaired) electrons. The van der Waals surface area contributed by atoms with Crippen molar-refractivity contribution in [2.75, 3.05) is 13.1 Å². The third-order valence-corrected chi connectivity index (χ3v) is 3.68. The molecule has 1 rings (SSSR count). The molecule has 4 heteroatoms. The molecule has 0 bridgehead atoms. The minimum atomic E-state index is -0.921. The van der Waals surface area contributed by atoms with Gasteiger partial charge in [-0.15, -0.1) is 0 Å². The van der Waals surface area contributed by atoms with Crippen LogP contribution in [0.2, 0.25) is 0 Å². The van der Waals surface area contributed by atoms with Gasteiger partial charge in [-0.3, -0.25) is 4.79 Å². The van der Waals surface area contributed by atoms with Crippen LogP contribution in [0.15, 0.2) is 0 Å². The van der Waals surface area contributed by atoms with Crippen LogP contribution in [0, 0.1) is 5.92 Å². The highest BCUT2D eigenvalue weighted by molar-refractivity contribution is 5.79. The Kier molecular flexibility index (Phi) is 3.97. The Morgan fingerprint density at radius 2 is 1.75 bits per heavy atom. The van der Waals surface area contributed by atoms with Crippen LogP contribution < -0.4 is 10.6 Å². The molecule has 3 N–H and O–H groups in total. The molecule has 0 atom stereocenters. The monoisotopic (exact) mass is 228 g/mol. The highest BCUT2D eigenvalue weighted by Crippen LogP contribution is 2.22. The molecule has 94 valence electrons. The molecule has 0 aromatic carbocycles. The summed E-state index contributed by atoms with van der Waals surface area (Å²) in [5.74, 6) is 0.150. The molecule has 0 saturated carbocycles. The van der Waals surface area contributed by atoms with Gasteiger partial charge in [-0.25, -0.2) is 0 Å². The van der Waals surface area contributed by atoms with Crippen molar-refractivity contribution >= 4 is 5.91 Å². The zero-order chi connectivity index (χ0) is 12.4. The fourth-order valence-corrected chi connectivity index (χ4v) is 1.65. The van der Waals surface area contributed by atoms with Crippen LogP contribution in [0.3, 0.4) is 0 Å². The molecule has 16 heavy (non-hydrogen) atoms. The second kappa shape index (κ2) is 4.72. The van der Waals surface area contributed by atoms with Gasteiger partial charge in [-0.05, 0) is 53.6 Å². The molecule has 4 nitrogen and oxygen atoms in total. The lowest BCUT2D eigenvalue weighted by Gasteiger charge is -2.39. The summed E-state index contributed by atoms with van der Waals surface area (Å²) in [6.07, 6.45) is 1.77. The summed E-state index contributed by atoms with van der Waals surface area (Å²) < 4.78 is 0. The molecular weight excluding hydrogens is 204 g/mol. The quantitative estimate of drug-likeness (QED) is 0.665. The van der Waals surface area contributed by atoms with Crippen LogP contribution in [-0.4, -0.2) is 35.2 Å². The first-order chi connectivity index (χ1) is 7.24. The summed E-state index contributed by atoms with van der Waals surface area (Å²) in [5, 5.41) is 16.1. The van der Waals surface area contributed by atoms with Crippen LogP contribution in [0.1, 0.15) is 40.5 Å². The molecule has 1 saturated heterocycles. The van der Waals surface area contributed by atoms with Gasteiger partial charge in [0.15, 0.2) is 0 Å². The number of rotatable bonds is 3. The van der Waals surface area contributed by atoms with E-state index in [2.05, 4.69) is 10.6 Å². The Morgan fingerprint density at radius 3 is 2.19 bits per heavy atom. The summed E-state index contributed by atoms with van der Waals surface area (Å²) >= 11 is 0. The fourth-order valence-electron chi connectivity index (χ4n) is 1.65. The van der Waals surface area contributed by atoms with E-state index >= 15 is 0 Å². The highest BCUT2D eigenvalue weighted by atomic mass is 16.3. The predicted molar refractivity (Wildman–Crippen MR) is 64.1 cm³/mol. The maximum Gasteiger partial charge on any atom is 0.223 e. The molecule has 0 unspecified atom stereocenters. The SMILES string of the molecule is CC(C)(O)C(C)(C)NC(=O)C1CCNCC1. The summed E-state index contributed by atoms with van der Waals surface area (Å²) in [5.41, 5.74) is -1.52. The van der Waals surface area contributed by atoms with Crippen molar-refractivity contribution < 1.29 is 9.90 Å². The minimum Gasteiger partial charge on any atom is -0.388 e. The van der Waals surface area contributed by atoms with Crippen LogP contribution in [-0.2, 0) is 4.79 Å².